The Morgan fingerprint density at radius 2 is 1.87 bits per heavy atom. The van der Waals surface area contributed by atoms with E-state index in [4.69, 9.17) is 4.74 Å². The van der Waals surface area contributed by atoms with Crippen LogP contribution in [-0.2, 0) is 14.8 Å². The molecule has 1 unspecified atom stereocenters. The maximum Gasteiger partial charge on any atom is 0.244 e. The Morgan fingerprint density at radius 3 is 2.55 bits per heavy atom. The first kappa shape index (κ1) is 21.9. The molecule has 162 valence electrons. The van der Waals surface area contributed by atoms with Gasteiger partial charge in [0.25, 0.3) is 0 Å². The van der Waals surface area contributed by atoms with Gasteiger partial charge in [0.15, 0.2) is 0 Å². The monoisotopic (exact) mass is 522 g/mol. The van der Waals surface area contributed by atoms with Gasteiger partial charge in [0, 0.05) is 16.6 Å². The number of rotatable bonds is 6. The molecule has 11 heteroatoms. The Bertz CT molecular complexity index is 1180. The summed E-state index contributed by atoms with van der Waals surface area (Å²) < 4.78 is 33.3. The van der Waals surface area contributed by atoms with Crippen molar-refractivity contribution in [1.29, 1.82) is 0 Å². The molecule has 2 aromatic carbocycles. The molecule has 1 aliphatic heterocycles. The molecule has 4 rings (SSSR count). The third kappa shape index (κ3) is 4.64. The number of anilines is 1. The Hall–Kier alpha value is -2.34. The van der Waals surface area contributed by atoms with E-state index in [2.05, 4.69) is 31.4 Å². The minimum atomic E-state index is -3.78. The molecule has 8 nitrogen and oxygen atoms in total. The summed E-state index contributed by atoms with van der Waals surface area (Å²) in [6.07, 6.45) is 1.06. The summed E-state index contributed by atoms with van der Waals surface area (Å²) in [5.74, 6) is 0.325. The molecule has 1 fully saturated rings. The van der Waals surface area contributed by atoms with Crippen molar-refractivity contribution in [3.8, 4) is 16.3 Å². The van der Waals surface area contributed by atoms with E-state index >= 15 is 0 Å². The van der Waals surface area contributed by atoms with E-state index in [1.807, 2.05) is 24.3 Å². The molecule has 1 aromatic heterocycles. The van der Waals surface area contributed by atoms with Crippen LogP contribution in [0.15, 0.2) is 57.9 Å². The van der Waals surface area contributed by atoms with Crippen LogP contribution in [0.3, 0.4) is 0 Å². The molecule has 1 atom stereocenters. The van der Waals surface area contributed by atoms with Gasteiger partial charge in [0.05, 0.1) is 12.0 Å². The number of carbonyl (C=O) groups is 1. The maximum atomic E-state index is 13.0. The van der Waals surface area contributed by atoms with Crippen molar-refractivity contribution in [2.75, 3.05) is 19.0 Å². The molecule has 0 saturated carbocycles. The van der Waals surface area contributed by atoms with E-state index in [0.717, 1.165) is 15.8 Å². The normalized spacial score (nSPS) is 16.9. The van der Waals surface area contributed by atoms with Crippen LogP contribution in [0.2, 0.25) is 0 Å². The van der Waals surface area contributed by atoms with Crippen LogP contribution >= 0.6 is 27.3 Å². The van der Waals surface area contributed by atoms with Crippen LogP contribution in [0.25, 0.3) is 10.6 Å². The SMILES string of the molecule is COc1ccc(-c2nnc(NC(=O)C3CCCN3S(=O)(=O)c3ccc(Br)cc3)s2)cc1. The second-order valence-electron chi connectivity index (χ2n) is 6.86. The molecule has 1 saturated heterocycles. The van der Waals surface area contributed by atoms with Crippen molar-refractivity contribution in [2.24, 2.45) is 0 Å². The topological polar surface area (TPSA) is 101 Å². The summed E-state index contributed by atoms with van der Waals surface area (Å²) in [6.45, 7) is 0.295. The Kier molecular flexibility index (Phi) is 6.37. The van der Waals surface area contributed by atoms with Crippen LogP contribution in [0, 0.1) is 0 Å². The van der Waals surface area contributed by atoms with Crippen LogP contribution in [-0.4, -0.2) is 48.5 Å². The van der Waals surface area contributed by atoms with Crippen molar-refractivity contribution in [1.82, 2.24) is 14.5 Å². The van der Waals surface area contributed by atoms with Gasteiger partial charge in [-0.15, -0.1) is 10.2 Å². The zero-order chi connectivity index (χ0) is 22.0. The highest BCUT2D eigenvalue weighted by molar-refractivity contribution is 9.10. The van der Waals surface area contributed by atoms with Crippen LogP contribution in [0.4, 0.5) is 5.13 Å². The van der Waals surface area contributed by atoms with Crippen molar-refractivity contribution in [3.63, 3.8) is 0 Å². The predicted octanol–water partition coefficient (Wildman–Crippen LogP) is 3.77. The molecule has 3 aromatic rings. The molecule has 31 heavy (non-hydrogen) atoms. The van der Waals surface area contributed by atoms with Crippen molar-refractivity contribution in [2.45, 2.75) is 23.8 Å². The van der Waals surface area contributed by atoms with Crippen LogP contribution in [0.1, 0.15) is 12.8 Å². The first-order chi connectivity index (χ1) is 14.9. The average Bonchev–Trinajstić information content (AvgIpc) is 3.44. The lowest BCUT2D eigenvalue weighted by Gasteiger charge is -2.23. The van der Waals surface area contributed by atoms with E-state index in [-0.39, 0.29) is 4.90 Å². The molecule has 0 radical (unpaired) electrons. The van der Waals surface area contributed by atoms with E-state index in [1.54, 1.807) is 19.2 Å². The van der Waals surface area contributed by atoms with Gasteiger partial charge >= 0.3 is 0 Å². The van der Waals surface area contributed by atoms with Gasteiger partial charge in [-0.25, -0.2) is 8.42 Å². The fourth-order valence-corrected chi connectivity index (χ4v) is 6.02. The number of ether oxygens (including phenoxy) is 1. The smallest absolute Gasteiger partial charge is 0.244 e. The highest BCUT2D eigenvalue weighted by atomic mass is 79.9. The Morgan fingerprint density at radius 1 is 1.16 bits per heavy atom. The number of nitrogens with zero attached hydrogens (tertiary/aromatic N) is 3. The van der Waals surface area contributed by atoms with Gasteiger partial charge in [-0.2, -0.15) is 4.31 Å². The lowest BCUT2D eigenvalue weighted by molar-refractivity contribution is -0.119. The lowest BCUT2D eigenvalue weighted by atomic mass is 10.2. The number of halogens is 1. The lowest BCUT2D eigenvalue weighted by Crippen LogP contribution is -2.43. The van der Waals surface area contributed by atoms with E-state index in [0.29, 0.717) is 29.5 Å². The number of amides is 1. The standard InChI is InChI=1S/C20H19BrN4O4S2/c1-29-15-8-4-13(5-9-15)19-23-24-20(30-19)22-18(26)17-3-2-12-25(17)31(27,28)16-10-6-14(21)7-11-16/h4-11,17H,2-3,12H2,1H3,(H,22,24,26). The minimum Gasteiger partial charge on any atom is -0.497 e. The Labute approximate surface area is 192 Å². The van der Waals surface area contributed by atoms with Crippen molar-refractivity contribution < 1.29 is 17.9 Å². The summed E-state index contributed by atoms with van der Waals surface area (Å²) >= 11 is 4.53. The fraction of sp³-hybridized carbons (Fsp3) is 0.250. The quantitative estimate of drug-likeness (QED) is 0.528. The number of carbonyl (C=O) groups excluding carboxylic acids is 1. The average molecular weight is 523 g/mol. The molecule has 1 aliphatic rings. The zero-order valence-electron chi connectivity index (χ0n) is 16.5. The number of methoxy groups -OCH3 is 1. The molecular weight excluding hydrogens is 504 g/mol. The second-order valence-corrected chi connectivity index (χ2v) is 10.6. The summed E-state index contributed by atoms with van der Waals surface area (Å²) in [5.41, 5.74) is 0.846. The predicted molar refractivity (Wildman–Crippen MR) is 122 cm³/mol. The van der Waals surface area contributed by atoms with Crippen molar-refractivity contribution in [3.05, 3.63) is 53.0 Å². The second kappa shape index (κ2) is 9.03. The summed E-state index contributed by atoms with van der Waals surface area (Å²) in [5, 5.41) is 11.8. The number of hydrogen-bond acceptors (Lipinski definition) is 7. The molecule has 1 amide bonds. The number of benzene rings is 2. The first-order valence-electron chi connectivity index (χ1n) is 9.45. The van der Waals surface area contributed by atoms with Crippen LogP contribution < -0.4 is 10.1 Å². The van der Waals surface area contributed by atoms with Gasteiger partial charge in [0.1, 0.15) is 16.8 Å². The highest BCUT2D eigenvalue weighted by Crippen LogP contribution is 2.30. The van der Waals surface area contributed by atoms with E-state index < -0.39 is 22.0 Å². The number of nitrogens with one attached hydrogen (secondary N) is 1. The molecule has 0 aliphatic carbocycles. The van der Waals surface area contributed by atoms with E-state index in [9.17, 15) is 13.2 Å². The molecule has 0 spiro atoms. The van der Waals surface area contributed by atoms with Gasteiger partial charge in [-0.1, -0.05) is 27.3 Å². The van der Waals surface area contributed by atoms with Gasteiger partial charge < -0.3 is 4.74 Å². The summed E-state index contributed by atoms with van der Waals surface area (Å²) in [6, 6.07) is 12.9. The summed E-state index contributed by atoms with van der Waals surface area (Å²) in [4.78, 5) is 13.0. The largest absolute Gasteiger partial charge is 0.497 e. The first-order valence-corrected chi connectivity index (χ1v) is 12.5. The summed E-state index contributed by atoms with van der Waals surface area (Å²) in [7, 11) is -2.19. The maximum absolute atomic E-state index is 13.0. The van der Waals surface area contributed by atoms with E-state index in [1.165, 1.54) is 27.8 Å². The zero-order valence-corrected chi connectivity index (χ0v) is 19.7. The molecule has 0 bridgehead atoms. The van der Waals surface area contributed by atoms with Gasteiger partial charge in [-0.05, 0) is 61.4 Å². The van der Waals surface area contributed by atoms with Crippen molar-refractivity contribution >= 4 is 48.3 Å². The van der Waals surface area contributed by atoms with Gasteiger partial charge in [-0.3, -0.25) is 10.1 Å². The highest BCUT2D eigenvalue weighted by Gasteiger charge is 2.39. The Balaban J connectivity index is 1.49. The number of aromatic nitrogens is 2. The molecule has 2 heterocycles. The third-order valence-electron chi connectivity index (χ3n) is 4.92. The number of hydrogen-bond donors (Lipinski definition) is 1. The van der Waals surface area contributed by atoms with Crippen LogP contribution in [0.5, 0.6) is 5.75 Å². The minimum absolute atomic E-state index is 0.160. The van der Waals surface area contributed by atoms with Gasteiger partial charge in [0.2, 0.25) is 21.1 Å². The third-order valence-corrected chi connectivity index (χ3v) is 8.26. The number of sulfonamides is 1. The molecular formula is C20H19BrN4O4S2. The fourth-order valence-electron chi connectivity index (χ4n) is 3.34. The molecule has 1 N–H and O–H groups in total.